The Hall–Kier alpha value is -0.190. The van der Waals surface area contributed by atoms with Gasteiger partial charge in [0, 0.05) is 10.0 Å². The fourth-order valence-corrected chi connectivity index (χ4v) is 3.71. The molecule has 0 spiro atoms. The van der Waals surface area contributed by atoms with E-state index in [9.17, 15) is 9.67 Å². The molecule has 0 bridgehead atoms. The second-order valence-electron chi connectivity index (χ2n) is 3.27. The average molecular weight is 323 g/mol. The quantitative estimate of drug-likeness (QED) is 0.811. The van der Waals surface area contributed by atoms with Crippen LogP contribution in [0.4, 0.5) is 0 Å². The average Bonchev–Trinajstić information content (AvgIpc) is 2.29. The Morgan fingerprint density at radius 1 is 1.29 bits per heavy atom. The van der Waals surface area contributed by atoms with E-state index >= 15 is 0 Å². The van der Waals surface area contributed by atoms with Gasteiger partial charge < -0.3 is 14.2 Å². The Morgan fingerprint density at radius 2 is 1.82 bits per heavy atom. The van der Waals surface area contributed by atoms with E-state index in [0.717, 1.165) is 0 Å². The number of benzene rings is 1. The Labute approximate surface area is 110 Å². The van der Waals surface area contributed by atoms with Gasteiger partial charge in [0.2, 0.25) is 0 Å². The first kappa shape index (κ1) is 14.9. The van der Waals surface area contributed by atoms with Crippen molar-refractivity contribution in [3.63, 3.8) is 0 Å². The van der Waals surface area contributed by atoms with E-state index in [1.54, 1.807) is 32.0 Å². The lowest BCUT2D eigenvalue weighted by molar-refractivity contribution is 0.150. The minimum Gasteiger partial charge on any atom is -0.376 e. The lowest BCUT2D eigenvalue weighted by atomic mass is 10.2. The molecule has 0 aliphatic rings. The molecule has 0 aromatic heterocycles. The number of hydrogen-bond acceptors (Lipinski definition) is 4. The van der Waals surface area contributed by atoms with Crippen LogP contribution in [0.15, 0.2) is 28.7 Å². The van der Waals surface area contributed by atoms with Gasteiger partial charge in [0.05, 0.1) is 13.2 Å². The van der Waals surface area contributed by atoms with Crippen molar-refractivity contribution in [1.29, 1.82) is 0 Å². The van der Waals surface area contributed by atoms with Crippen molar-refractivity contribution in [3.05, 3.63) is 34.3 Å². The number of hydrogen-bond donors (Lipinski definition) is 1. The highest BCUT2D eigenvalue weighted by Crippen LogP contribution is 2.60. The summed E-state index contributed by atoms with van der Waals surface area (Å²) in [4.78, 5) is 0. The molecule has 4 nitrogen and oxygen atoms in total. The first-order valence-corrected chi connectivity index (χ1v) is 7.77. The van der Waals surface area contributed by atoms with Crippen molar-refractivity contribution in [3.8, 4) is 0 Å². The van der Waals surface area contributed by atoms with Gasteiger partial charge in [0.1, 0.15) is 0 Å². The number of rotatable bonds is 6. The zero-order chi connectivity index (χ0) is 12.9. The van der Waals surface area contributed by atoms with Gasteiger partial charge in [-0.25, -0.2) is 0 Å². The highest BCUT2D eigenvalue weighted by molar-refractivity contribution is 9.10. The summed E-state index contributed by atoms with van der Waals surface area (Å²) in [5, 5.41) is 10.1. The van der Waals surface area contributed by atoms with E-state index in [4.69, 9.17) is 9.05 Å². The van der Waals surface area contributed by atoms with Gasteiger partial charge in [0.15, 0.2) is 5.85 Å². The third-order valence-corrected chi connectivity index (χ3v) is 4.94. The molecule has 0 aliphatic carbocycles. The van der Waals surface area contributed by atoms with E-state index in [2.05, 4.69) is 15.9 Å². The fourth-order valence-electron chi connectivity index (χ4n) is 1.39. The monoisotopic (exact) mass is 322 g/mol. The summed E-state index contributed by atoms with van der Waals surface area (Å²) in [6, 6.07) is 7.01. The normalized spacial score (nSPS) is 13.6. The molecule has 17 heavy (non-hydrogen) atoms. The highest BCUT2D eigenvalue weighted by Gasteiger charge is 2.36. The Balaban J connectivity index is 3.04. The Bertz CT molecular complexity index is 400. The first-order valence-electron chi connectivity index (χ1n) is 5.36. The minimum atomic E-state index is -3.53. The van der Waals surface area contributed by atoms with Crippen LogP contribution in [0.2, 0.25) is 0 Å². The molecule has 0 unspecified atom stereocenters. The van der Waals surface area contributed by atoms with Crippen molar-refractivity contribution in [2.24, 2.45) is 0 Å². The van der Waals surface area contributed by atoms with E-state index in [0.29, 0.717) is 10.0 Å². The lowest BCUT2D eigenvalue weighted by Gasteiger charge is -2.23. The van der Waals surface area contributed by atoms with Crippen LogP contribution in [0, 0.1) is 0 Å². The van der Waals surface area contributed by atoms with Crippen LogP contribution < -0.4 is 0 Å². The summed E-state index contributed by atoms with van der Waals surface area (Å²) in [6.45, 7) is 3.86. The van der Waals surface area contributed by atoms with Crippen LogP contribution in [0.3, 0.4) is 0 Å². The standard InChI is InChI=1S/C11H16BrO4P/c1-3-15-17(14,16-4-2)11(13)9-7-5-6-8-10(9)12/h5-8,11,13H,3-4H2,1-2H3/t11-/m1/s1. The largest absolute Gasteiger partial charge is 0.376 e. The molecule has 1 aromatic rings. The SMILES string of the molecule is CCOP(=O)(OCC)[C@@H](O)c1ccccc1Br. The van der Waals surface area contributed by atoms with Crippen molar-refractivity contribution in [2.45, 2.75) is 19.7 Å². The summed E-state index contributed by atoms with van der Waals surface area (Å²) in [5.41, 5.74) is 0.498. The minimum absolute atomic E-state index is 0.221. The van der Waals surface area contributed by atoms with Gasteiger partial charge in [-0.2, -0.15) is 0 Å². The molecule has 0 radical (unpaired) electrons. The topological polar surface area (TPSA) is 55.8 Å². The molecule has 6 heteroatoms. The van der Waals surface area contributed by atoms with Crippen LogP contribution >= 0.6 is 23.5 Å². The van der Waals surface area contributed by atoms with Crippen LogP contribution in [0.5, 0.6) is 0 Å². The summed E-state index contributed by atoms with van der Waals surface area (Å²) < 4.78 is 23.2. The van der Waals surface area contributed by atoms with Crippen LogP contribution in [0.1, 0.15) is 25.3 Å². The number of aliphatic hydroxyl groups excluding tert-OH is 1. The predicted octanol–water partition coefficient (Wildman–Crippen LogP) is 3.71. The molecule has 96 valence electrons. The molecule has 0 amide bonds. The molecule has 1 N–H and O–H groups in total. The maximum absolute atomic E-state index is 12.4. The van der Waals surface area contributed by atoms with Gasteiger partial charge in [-0.05, 0) is 19.9 Å². The van der Waals surface area contributed by atoms with Gasteiger partial charge in [-0.1, -0.05) is 34.1 Å². The van der Waals surface area contributed by atoms with Gasteiger partial charge >= 0.3 is 7.60 Å². The van der Waals surface area contributed by atoms with Crippen LogP contribution in [-0.4, -0.2) is 18.3 Å². The van der Waals surface area contributed by atoms with Gasteiger partial charge in [-0.15, -0.1) is 0 Å². The van der Waals surface area contributed by atoms with Crippen molar-refractivity contribution >= 4 is 23.5 Å². The second-order valence-corrected chi connectivity index (χ2v) is 6.21. The van der Waals surface area contributed by atoms with Crippen molar-refractivity contribution in [2.75, 3.05) is 13.2 Å². The molecule has 0 saturated carbocycles. The summed E-state index contributed by atoms with van der Waals surface area (Å²) >= 11 is 3.30. The summed E-state index contributed by atoms with van der Waals surface area (Å²) in [6.07, 6.45) is 0. The van der Waals surface area contributed by atoms with Crippen LogP contribution in [-0.2, 0) is 13.6 Å². The molecular weight excluding hydrogens is 307 g/mol. The second kappa shape index (κ2) is 6.66. The summed E-state index contributed by atoms with van der Waals surface area (Å²) in [7, 11) is -3.53. The molecule has 0 saturated heterocycles. The van der Waals surface area contributed by atoms with E-state index in [-0.39, 0.29) is 13.2 Å². The fraction of sp³-hybridized carbons (Fsp3) is 0.455. The molecule has 0 aliphatic heterocycles. The zero-order valence-electron chi connectivity index (χ0n) is 9.80. The highest BCUT2D eigenvalue weighted by atomic mass is 79.9. The lowest BCUT2D eigenvalue weighted by Crippen LogP contribution is -2.06. The molecule has 1 atom stereocenters. The maximum atomic E-state index is 12.4. The molecule has 1 aromatic carbocycles. The maximum Gasteiger partial charge on any atom is 0.363 e. The first-order chi connectivity index (χ1) is 8.05. The molecular formula is C11H16BrO4P. The Kier molecular flexibility index (Phi) is 5.83. The van der Waals surface area contributed by atoms with E-state index in [1.807, 2.05) is 6.07 Å². The predicted molar refractivity (Wildman–Crippen MR) is 70.0 cm³/mol. The van der Waals surface area contributed by atoms with Gasteiger partial charge in [-0.3, -0.25) is 4.57 Å². The summed E-state index contributed by atoms with van der Waals surface area (Å²) in [5.74, 6) is -1.28. The number of halogens is 1. The van der Waals surface area contributed by atoms with Crippen molar-refractivity contribution < 1.29 is 18.7 Å². The third-order valence-electron chi connectivity index (χ3n) is 2.10. The van der Waals surface area contributed by atoms with Crippen molar-refractivity contribution in [1.82, 2.24) is 0 Å². The molecule has 1 rings (SSSR count). The molecule has 0 fully saturated rings. The van der Waals surface area contributed by atoms with Crippen LogP contribution in [0.25, 0.3) is 0 Å². The third kappa shape index (κ3) is 3.63. The van der Waals surface area contributed by atoms with E-state index < -0.39 is 13.4 Å². The van der Waals surface area contributed by atoms with E-state index in [1.165, 1.54) is 0 Å². The van der Waals surface area contributed by atoms with Gasteiger partial charge in [0.25, 0.3) is 0 Å². The Morgan fingerprint density at radius 3 is 2.29 bits per heavy atom. The molecule has 0 heterocycles. The zero-order valence-corrected chi connectivity index (χ0v) is 12.3. The number of aliphatic hydroxyl groups is 1. The smallest absolute Gasteiger partial charge is 0.363 e.